The van der Waals surface area contributed by atoms with Gasteiger partial charge in [0.2, 0.25) is 5.35 Å². The van der Waals surface area contributed by atoms with Crippen LogP contribution in [-0.2, 0) is 9.13 Å². The Labute approximate surface area is 94.9 Å². The van der Waals surface area contributed by atoms with E-state index in [1.807, 2.05) is 0 Å². The topological polar surface area (TPSA) is 131 Å². The SMILES string of the molecule is O=P(O)(O)c1cc[n+](P(=O)(O)O)c2c1=NCC=2. The summed E-state index contributed by atoms with van der Waals surface area (Å²) in [5.74, 6) is 0. The molecule has 0 unspecified atom stereocenters. The zero-order valence-corrected chi connectivity index (χ0v) is 10.1. The number of hydrogen-bond acceptors (Lipinski definition) is 3. The van der Waals surface area contributed by atoms with E-state index in [-0.39, 0.29) is 22.6 Å². The van der Waals surface area contributed by atoms with Crippen LogP contribution in [0.2, 0.25) is 0 Å². The van der Waals surface area contributed by atoms with Crippen molar-refractivity contribution in [2.24, 2.45) is 4.99 Å². The molecule has 0 saturated heterocycles. The summed E-state index contributed by atoms with van der Waals surface area (Å²) < 4.78 is 23.0. The Morgan fingerprint density at radius 2 is 1.88 bits per heavy atom. The van der Waals surface area contributed by atoms with E-state index < -0.39 is 15.3 Å². The summed E-state index contributed by atoms with van der Waals surface area (Å²) in [5.41, 5.74) is 0. The fourth-order valence-electron chi connectivity index (χ4n) is 1.58. The molecule has 2 rings (SSSR count). The number of hydrogen-bond donors (Lipinski definition) is 4. The van der Waals surface area contributed by atoms with Gasteiger partial charge in [0.25, 0.3) is 0 Å². The Morgan fingerprint density at radius 3 is 2.41 bits per heavy atom. The summed E-state index contributed by atoms with van der Waals surface area (Å²) in [5, 5.41) is -0.366. The molecule has 17 heavy (non-hydrogen) atoms. The fraction of sp³-hybridized carbons (Fsp3) is 0.143. The lowest BCUT2D eigenvalue weighted by Crippen LogP contribution is -2.57. The maximum Gasteiger partial charge on any atom is 0.608 e. The minimum Gasteiger partial charge on any atom is -0.321 e. The van der Waals surface area contributed by atoms with E-state index >= 15 is 0 Å². The van der Waals surface area contributed by atoms with Crippen LogP contribution in [0, 0.1) is 0 Å². The van der Waals surface area contributed by atoms with Crippen LogP contribution in [0.3, 0.4) is 0 Å². The molecule has 4 N–H and O–H groups in total. The molecule has 1 aromatic rings. The molecule has 0 fully saturated rings. The highest BCUT2D eigenvalue weighted by Crippen LogP contribution is 2.31. The molecule has 0 amide bonds. The molecular formula is C7H9N2O6P2+. The van der Waals surface area contributed by atoms with Crippen LogP contribution in [0.4, 0.5) is 0 Å². The lowest BCUT2D eigenvalue weighted by atomic mass is 10.4. The normalized spacial score (nSPS) is 15.1. The van der Waals surface area contributed by atoms with Gasteiger partial charge in [0.15, 0.2) is 6.20 Å². The highest BCUT2D eigenvalue weighted by atomic mass is 31.2. The van der Waals surface area contributed by atoms with Gasteiger partial charge in [-0.2, -0.15) is 4.57 Å². The van der Waals surface area contributed by atoms with E-state index in [9.17, 15) is 9.13 Å². The number of rotatable bonds is 2. The Morgan fingerprint density at radius 1 is 1.24 bits per heavy atom. The predicted molar refractivity (Wildman–Crippen MR) is 55.9 cm³/mol. The molecule has 0 aromatic carbocycles. The number of nitrogens with zero attached hydrogens (tertiary/aromatic N) is 2. The molecule has 92 valence electrons. The Bertz CT molecular complexity index is 628. The van der Waals surface area contributed by atoms with Gasteiger partial charge in [-0.25, -0.2) is 0 Å². The van der Waals surface area contributed by atoms with Gasteiger partial charge < -0.3 is 9.79 Å². The average molecular weight is 279 g/mol. The third-order valence-corrected chi connectivity index (χ3v) is 4.13. The predicted octanol–water partition coefficient (Wildman–Crippen LogP) is -2.87. The minimum absolute atomic E-state index is 0.0270. The van der Waals surface area contributed by atoms with Crippen molar-refractivity contribution in [2.75, 3.05) is 6.54 Å². The molecule has 1 aromatic heterocycles. The van der Waals surface area contributed by atoms with Gasteiger partial charge in [-0.05, 0) is 0 Å². The lowest BCUT2D eigenvalue weighted by Gasteiger charge is -2.03. The molecule has 0 atom stereocenters. The van der Waals surface area contributed by atoms with Gasteiger partial charge in [-0.15, -0.1) is 4.34 Å². The second-order valence-corrected chi connectivity index (χ2v) is 6.41. The largest absolute Gasteiger partial charge is 0.608 e. The number of fused-ring (bicyclic) bond motifs is 1. The van der Waals surface area contributed by atoms with Crippen molar-refractivity contribution in [2.45, 2.75) is 0 Å². The monoisotopic (exact) mass is 279 g/mol. The van der Waals surface area contributed by atoms with Gasteiger partial charge in [-0.1, -0.05) is 0 Å². The molecule has 8 nitrogen and oxygen atoms in total. The van der Waals surface area contributed by atoms with E-state index in [1.165, 1.54) is 6.08 Å². The van der Waals surface area contributed by atoms with Crippen molar-refractivity contribution in [1.29, 1.82) is 0 Å². The van der Waals surface area contributed by atoms with E-state index in [4.69, 9.17) is 19.6 Å². The van der Waals surface area contributed by atoms with Crippen LogP contribution in [0.1, 0.15) is 0 Å². The number of aromatic nitrogens is 1. The van der Waals surface area contributed by atoms with Crippen LogP contribution in [0.25, 0.3) is 6.08 Å². The molecule has 1 aliphatic heterocycles. The summed E-state index contributed by atoms with van der Waals surface area (Å²) in [6, 6.07) is 0.974. The average Bonchev–Trinajstić information content (AvgIpc) is 2.60. The summed E-state index contributed by atoms with van der Waals surface area (Å²) in [6.07, 6.45) is 2.35. The summed E-state index contributed by atoms with van der Waals surface area (Å²) >= 11 is 0. The lowest BCUT2D eigenvalue weighted by molar-refractivity contribution is -0.554. The van der Waals surface area contributed by atoms with Crippen molar-refractivity contribution in [3.8, 4) is 0 Å². The molecule has 0 radical (unpaired) electrons. The standard InChI is InChI=1S/C7H8N2O6P2/c10-16(11,12)6-2-4-9(17(13,14)15)5-1-3-8-7(5)6/h1-2,4H,3H2,(H3-,10,11,12,13,14,15)/p+1. The van der Waals surface area contributed by atoms with Crippen molar-refractivity contribution >= 4 is 26.7 Å². The first kappa shape index (κ1) is 12.6. The molecule has 10 heteroatoms. The number of pyridine rings is 1. The zero-order chi connectivity index (χ0) is 12.8. The van der Waals surface area contributed by atoms with Crippen LogP contribution < -0.4 is 20.3 Å². The molecule has 0 spiro atoms. The van der Waals surface area contributed by atoms with Crippen LogP contribution in [0.5, 0.6) is 0 Å². The minimum atomic E-state index is -4.56. The smallest absolute Gasteiger partial charge is 0.321 e. The summed E-state index contributed by atoms with van der Waals surface area (Å²) in [7, 11) is -9.07. The summed E-state index contributed by atoms with van der Waals surface area (Å²) in [6.45, 7) is 0.131. The van der Waals surface area contributed by atoms with Gasteiger partial charge in [-0.3, -0.25) is 19.3 Å². The van der Waals surface area contributed by atoms with E-state index in [0.717, 1.165) is 12.3 Å². The Balaban J connectivity index is 2.87. The Hall–Kier alpha value is -0.880. The van der Waals surface area contributed by atoms with Gasteiger partial charge >= 0.3 is 15.3 Å². The van der Waals surface area contributed by atoms with Gasteiger partial charge in [0.1, 0.15) is 10.7 Å². The highest BCUT2D eigenvalue weighted by Gasteiger charge is 2.33. The Kier molecular flexibility index (Phi) is 2.82. The van der Waals surface area contributed by atoms with E-state index in [0.29, 0.717) is 4.34 Å². The third kappa shape index (κ3) is 2.24. The molecule has 0 saturated carbocycles. The molecule has 1 aliphatic rings. The first-order valence-corrected chi connectivity index (χ1v) is 7.61. The van der Waals surface area contributed by atoms with Crippen LogP contribution >= 0.6 is 15.3 Å². The van der Waals surface area contributed by atoms with Gasteiger partial charge in [0, 0.05) is 12.1 Å². The first-order chi connectivity index (χ1) is 7.71. The van der Waals surface area contributed by atoms with Gasteiger partial charge in [0.05, 0.1) is 6.54 Å². The van der Waals surface area contributed by atoms with Crippen molar-refractivity contribution < 1.29 is 33.0 Å². The maximum absolute atomic E-state index is 11.2. The summed E-state index contributed by atoms with van der Waals surface area (Å²) in [4.78, 5) is 40.1. The van der Waals surface area contributed by atoms with Crippen LogP contribution in [-0.4, -0.2) is 26.1 Å². The maximum atomic E-state index is 11.2. The van der Waals surface area contributed by atoms with E-state index in [1.54, 1.807) is 0 Å². The fourth-order valence-corrected chi connectivity index (χ4v) is 3.00. The third-order valence-electron chi connectivity index (χ3n) is 2.23. The molecular weight excluding hydrogens is 270 g/mol. The second-order valence-electron chi connectivity index (χ2n) is 3.38. The van der Waals surface area contributed by atoms with Crippen LogP contribution in [0.15, 0.2) is 17.3 Å². The second kappa shape index (κ2) is 3.81. The van der Waals surface area contributed by atoms with E-state index in [2.05, 4.69) is 4.99 Å². The molecule has 0 bridgehead atoms. The van der Waals surface area contributed by atoms with Crippen molar-refractivity contribution in [1.82, 2.24) is 0 Å². The first-order valence-electron chi connectivity index (χ1n) is 4.43. The van der Waals surface area contributed by atoms with Crippen molar-refractivity contribution in [3.63, 3.8) is 0 Å². The zero-order valence-electron chi connectivity index (χ0n) is 8.33. The quantitative estimate of drug-likeness (QED) is 0.430. The highest BCUT2D eigenvalue weighted by molar-refractivity contribution is 7.60. The van der Waals surface area contributed by atoms with Crippen molar-refractivity contribution in [3.05, 3.63) is 23.0 Å². The molecule has 0 aliphatic carbocycles. The molecule has 2 heterocycles.